The molecular weight excluding hydrogens is 226 g/mol. The molecule has 0 atom stereocenters. The maximum absolute atomic E-state index is 11.8. The number of rotatable bonds is 4. The van der Waals surface area contributed by atoms with E-state index >= 15 is 0 Å². The van der Waals surface area contributed by atoms with Gasteiger partial charge in [-0.1, -0.05) is 18.2 Å². The van der Waals surface area contributed by atoms with Crippen molar-refractivity contribution in [3.63, 3.8) is 0 Å². The van der Waals surface area contributed by atoms with Crippen LogP contribution in [0.4, 0.5) is 4.79 Å². The van der Waals surface area contributed by atoms with Crippen molar-refractivity contribution in [1.29, 1.82) is 0 Å². The molecule has 0 radical (unpaired) electrons. The molecular formula is C14H21N3O. The van der Waals surface area contributed by atoms with E-state index in [0.29, 0.717) is 6.54 Å². The first-order valence-corrected chi connectivity index (χ1v) is 6.58. The Morgan fingerprint density at radius 2 is 2.00 bits per heavy atom. The summed E-state index contributed by atoms with van der Waals surface area (Å²) < 4.78 is 0. The van der Waals surface area contributed by atoms with Crippen LogP contribution in [0.15, 0.2) is 18.2 Å². The summed E-state index contributed by atoms with van der Waals surface area (Å²) in [6.45, 7) is 7.97. The van der Waals surface area contributed by atoms with Gasteiger partial charge in [-0.3, -0.25) is 0 Å². The Bertz CT molecular complexity index is 427. The van der Waals surface area contributed by atoms with Gasteiger partial charge in [0.05, 0.1) is 0 Å². The predicted molar refractivity (Wildman–Crippen MR) is 72.1 cm³/mol. The third-order valence-electron chi connectivity index (χ3n) is 3.40. The summed E-state index contributed by atoms with van der Waals surface area (Å²) >= 11 is 0. The van der Waals surface area contributed by atoms with Crippen LogP contribution in [0.25, 0.3) is 0 Å². The van der Waals surface area contributed by atoms with E-state index in [2.05, 4.69) is 28.8 Å². The Hall–Kier alpha value is -1.55. The molecule has 4 nitrogen and oxygen atoms in total. The van der Waals surface area contributed by atoms with Gasteiger partial charge in [0.1, 0.15) is 0 Å². The fourth-order valence-electron chi connectivity index (χ4n) is 2.26. The van der Waals surface area contributed by atoms with Crippen LogP contribution in [0.2, 0.25) is 0 Å². The molecule has 0 aliphatic carbocycles. The second kappa shape index (κ2) is 5.87. The Morgan fingerprint density at radius 3 is 2.72 bits per heavy atom. The van der Waals surface area contributed by atoms with E-state index in [1.165, 1.54) is 11.1 Å². The number of nitrogens with zero attached hydrogens (tertiary/aromatic N) is 1. The highest BCUT2D eigenvalue weighted by Gasteiger charge is 2.11. The monoisotopic (exact) mass is 247 g/mol. The van der Waals surface area contributed by atoms with Crippen molar-refractivity contribution in [2.75, 3.05) is 13.1 Å². The van der Waals surface area contributed by atoms with E-state index in [4.69, 9.17) is 0 Å². The number of carbonyl (C=O) groups is 1. The Kier molecular flexibility index (Phi) is 4.20. The number of fused-ring (bicyclic) bond motifs is 1. The maximum Gasteiger partial charge on any atom is 0.317 e. The van der Waals surface area contributed by atoms with Crippen LogP contribution in [0.5, 0.6) is 0 Å². The summed E-state index contributed by atoms with van der Waals surface area (Å²) in [7, 11) is 0. The molecule has 18 heavy (non-hydrogen) atoms. The van der Waals surface area contributed by atoms with Gasteiger partial charge in [-0.15, -0.1) is 0 Å². The lowest BCUT2D eigenvalue weighted by molar-refractivity contribution is 0.203. The van der Waals surface area contributed by atoms with Gasteiger partial charge < -0.3 is 15.5 Å². The molecule has 2 rings (SSSR count). The van der Waals surface area contributed by atoms with Crippen molar-refractivity contribution >= 4 is 6.03 Å². The van der Waals surface area contributed by atoms with Crippen molar-refractivity contribution in [3.8, 4) is 0 Å². The Morgan fingerprint density at radius 1 is 1.28 bits per heavy atom. The van der Waals surface area contributed by atoms with Gasteiger partial charge in [0.2, 0.25) is 0 Å². The molecule has 4 heteroatoms. The summed E-state index contributed by atoms with van der Waals surface area (Å²) in [5, 5.41) is 6.28. The standard InChI is InChI=1S/C14H21N3O/c1-3-17(4-2)14(18)16-8-11-5-6-12-9-15-10-13(12)7-11/h5-7,15H,3-4,8-10H2,1-2H3,(H,16,18). The first-order valence-electron chi connectivity index (χ1n) is 6.58. The average molecular weight is 247 g/mol. The minimum Gasteiger partial charge on any atom is -0.334 e. The minimum absolute atomic E-state index is 0.0126. The number of carbonyl (C=O) groups excluding carboxylic acids is 1. The zero-order valence-electron chi connectivity index (χ0n) is 11.1. The summed E-state index contributed by atoms with van der Waals surface area (Å²) in [5.41, 5.74) is 3.89. The summed E-state index contributed by atoms with van der Waals surface area (Å²) in [6, 6.07) is 6.43. The molecule has 0 saturated heterocycles. The largest absolute Gasteiger partial charge is 0.334 e. The molecule has 0 spiro atoms. The Labute approximate surface area is 108 Å². The molecule has 2 amide bonds. The van der Waals surface area contributed by atoms with Crippen LogP contribution in [0.1, 0.15) is 30.5 Å². The second-order valence-corrected chi connectivity index (χ2v) is 4.54. The van der Waals surface area contributed by atoms with Crippen molar-refractivity contribution < 1.29 is 4.79 Å². The fraction of sp³-hybridized carbons (Fsp3) is 0.500. The Balaban J connectivity index is 1.92. The van der Waals surface area contributed by atoms with Crippen LogP contribution < -0.4 is 10.6 Å². The molecule has 1 aromatic rings. The normalized spacial score (nSPS) is 13.2. The molecule has 0 aromatic heterocycles. The molecule has 98 valence electrons. The van der Waals surface area contributed by atoms with Crippen LogP contribution in [0.3, 0.4) is 0 Å². The molecule has 0 fully saturated rings. The number of hydrogen-bond acceptors (Lipinski definition) is 2. The van der Waals surface area contributed by atoms with Crippen LogP contribution >= 0.6 is 0 Å². The molecule has 1 aliphatic rings. The molecule has 1 heterocycles. The van der Waals surface area contributed by atoms with Gasteiger partial charge in [0, 0.05) is 32.7 Å². The first-order chi connectivity index (χ1) is 8.74. The third kappa shape index (κ3) is 2.82. The van der Waals surface area contributed by atoms with Crippen LogP contribution in [-0.4, -0.2) is 24.0 Å². The molecule has 1 aliphatic heterocycles. The SMILES string of the molecule is CCN(CC)C(=O)NCc1ccc2c(c1)CNC2. The van der Waals surface area contributed by atoms with Gasteiger partial charge in [0.15, 0.2) is 0 Å². The van der Waals surface area contributed by atoms with E-state index in [9.17, 15) is 4.79 Å². The number of benzene rings is 1. The maximum atomic E-state index is 11.8. The summed E-state index contributed by atoms with van der Waals surface area (Å²) in [5.74, 6) is 0. The van der Waals surface area contributed by atoms with E-state index in [0.717, 1.165) is 31.7 Å². The summed E-state index contributed by atoms with van der Waals surface area (Å²) in [4.78, 5) is 13.6. The number of nitrogens with one attached hydrogen (secondary N) is 2. The van der Waals surface area contributed by atoms with Gasteiger partial charge in [0.25, 0.3) is 0 Å². The topological polar surface area (TPSA) is 44.4 Å². The highest BCUT2D eigenvalue weighted by molar-refractivity contribution is 5.74. The number of urea groups is 1. The zero-order chi connectivity index (χ0) is 13.0. The van der Waals surface area contributed by atoms with E-state index < -0.39 is 0 Å². The second-order valence-electron chi connectivity index (χ2n) is 4.54. The lowest BCUT2D eigenvalue weighted by Crippen LogP contribution is -2.39. The summed E-state index contributed by atoms with van der Waals surface area (Å²) in [6.07, 6.45) is 0. The van der Waals surface area contributed by atoms with E-state index in [1.54, 1.807) is 4.90 Å². The van der Waals surface area contributed by atoms with Gasteiger partial charge in [-0.2, -0.15) is 0 Å². The molecule has 1 aromatic carbocycles. The number of hydrogen-bond donors (Lipinski definition) is 2. The van der Waals surface area contributed by atoms with Crippen molar-refractivity contribution in [2.24, 2.45) is 0 Å². The molecule has 0 bridgehead atoms. The quantitative estimate of drug-likeness (QED) is 0.852. The van der Waals surface area contributed by atoms with Gasteiger partial charge in [-0.05, 0) is 30.5 Å². The number of amides is 2. The highest BCUT2D eigenvalue weighted by atomic mass is 16.2. The zero-order valence-corrected chi connectivity index (χ0v) is 11.1. The van der Waals surface area contributed by atoms with Crippen molar-refractivity contribution in [3.05, 3.63) is 34.9 Å². The third-order valence-corrected chi connectivity index (χ3v) is 3.40. The smallest absolute Gasteiger partial charge is 0.317 e. The first kappa shape index (κ1) is 12.9. The average Bonchev–Trinajstić information content (AvgIpc) is 2.85. The fourth-order valence-corrected chi connectivity index (χ4v) is 2.26. The lowest BCUT2D eigenvalue weighted by Gasteiger charge is -2.19. The highest BCUT2D eigenvalue weighted by Crippen LogP contribution is 2.16. The molecule has 2 N–H and O–H groups in total. The lowest BCUT2D eigenvalue weighted by atomic mass is 10.1. The van der Waals surface area contributed by atoms with E-state index in [-0.39, 0.29) is 6.03 Å². The van der Waals surface area contributed by atoms with E-state index in [1.807, 2.05) is 13.8 Å². The van der Waals surface area contributed by atoms with Gasteiger partial charge in [-0.25, -0.2) is 4.79 Å². The predicted octanol–water partition coefficient (Wildman–Crippen LogP) is 1.84. The van der Waals surface area contributed by atoms with Gasteiger partial charge >= 0.3 is 6.03 Å². The molecule has 0 unspecified atom stereocenters. The van der Waals surface area contributed by atoms with Crippen molar-refractivity contribution in [2.45, 2.75) is 33.5 Å². The van der Waals surface area contributed by atoms with Crippen LogP contribution in [-0.2, 0) is 19.6 Å². The van der Waals surface area contributed by atoms with Crippen molar-refractivity contribution in [1.82, 2.24) is 15.5 Å². The minimum atomic E-state index is 0.0126. The molecule has 0 saturated carbocycles. The van der Waals surface area contributed by atoms with Crippen LogP contribution in [0, 0.1) is 0 Å².